The summed E-state index contributed by atoms with van der Waals surface area (Å²) in [4.78, 5) is 0. The normalized spacial score (nSPS) is 22.1. The van der Waals surface area contributed by atoms with Gasteiger partial charge in [-0.3, -0.25) is 0 Å². The first kappa shape index (κ1) is 9.05. The number of hydrogen-bond donors (Lipinski definition) is 0. The average molecular weight is 155 g/mol. The van der Waals surface area contributed by atoms with E-state index >= 15 is 0 Å². The van der Waals surface area contributed by atoms with Crippen LogP contribution in [0.25, 0.3) is 0 Å². The number of rotatable bonds is 2. The summed E-state index contributed by atoms with van der Waals surface area (Å²) in [5.41, 5.74) is 0.0915. The van der Waals surface area contributed by atoms with Gasteiger partial charge in [0.2, 0.25) is 0 Å². The molecule has 0 bridgehead atoms. The molecule has 0 aromatic rings. The Balaban J connectivity index is 2.43. The van der Waals surface area contributed by atoms with E-state index in [1.807, 2.05) is 7.11 Å². The summed E-state index contributed by atoms with van der Waals surface area (Å²) in [6.07, 6.45) is 7.55. The van der Waals surface area contributed by atoms with Crippen molar-refractivity contribution in [2.24, 2.45) is 5.92 Å². The molecule has 0 N–H and O–H groups in total. The third kappa shape index (κ3) is 2.19. The molecule has 0 aromatic heterocycles. The van der Waals surface area contributed by atoms with Crippen LogP contribution in [-0.2, 0) is 4.74 Å². The second-order valence-corrected chi connectivity index (χ2v) is 3.95. The van der Waals surface area contributed by atoms with E-state index in [2.05, 4.69) is 20.3 Å². The minimum atomic E-state index is 0.0915. The maximum Gasteiger partial charge on any atom is 0.0650 e. The zero-order chi connectivity index (χ0) is 8.32. The number of hydrogen-bond acceptors (Lipinski definition) is 1. The number of methoxy groups -OCH3 is 1. The molecule has 1 radical (unpaired) electrons. The Morgan fingerprint density at radius 2 is 1.82 bits per heavy atom. The molecule has 0 heterocycles. The lowest BCUT2D eigenvalue weighted by molar-refractivity contribution is -0.0369. The van der Waals surface area contributed by atoms with E-state index in [1.165, 1.54) is 25.7 Å². The fourth-order valence-corrected chi connectivity index (χ4v) is 1.79. The molecule has 0 spiro atoms. The molecule has 0 amide bonds. The van der Waals surface area contributed by atoms with E-state index < -0.39 is 0 Å². The zero-order valence-corrected chi connectivity index (χ0v) is 7.89. The van der Waals surface area contributed by atoms with E-state index in [0.717, 1.165) is 5.92 Å². The molecular weight excluding hydrogens is 136 g/mol. The Kier molecular flexibility index (Phi) is 2.94. The largest absolute Gasteiger partial charge is 0.379 e. The molecule has 1 rings (SSSR count). The molecule has 1 aliphatic rings. The second kappa shape index (κ2) is 3.57. The van der Waals surface area contributed by atoms with Crippen LogP contribution in [0.3, 0.4) is 0 Å². The summed E-state index contributed by atoms with van der Waals surface area (Å²) in [7, 11) is 1.82. The second-order valence-electron chi connectivity index (χ2n) is 3.95. The average Bonchev–Trinajstić information content (AvgIpc) is 2.06. The van der Waals surface area contributed by atoms with Crippen molar-refractivity contribution >= 4 is 0 Å². The van der Waals surface area contributed by atoms with Gasteiger partial charge in [-0.05, 0) is 51.9 Å². The maximum absolute atomic E-state index is 5.46. The molecule has 0 aromatic carbocycles. The highest BCUT2D eigenvalue weighted by molar-refractivity contribution is 4.86. The van der Waals surface area contributed by atoms with Crippen LogP contribution in [0, 0.1) is 12.3 Å². The molecular formula is C10H19O. The maximum atomic E-state index is 5.46. The van der Waals surface area contributed by atoms with Crippen LogP contribution >= 0.6 is 0 Å². The summed E-state index contributed by atoms with van der Waals surface area (Å²) < 4.78 is 5.46. The minimum Gasteiger partial charge on any atom is -0.379 e. The molecule has 1 saturated carbocycles. The molecule has 1 heteroatoms. The third-order valence-electron chi connectivity index (χ3n) is 2.95. The first-order valence-electron chi connectivity index (χ1n) is 4.53. The van der Waals surface area contributed by atoms with Gasteiger partial charge in [-0.25, -0.2) is 0 Å². The first-order chi connectivity index (χ1) is 5.17. The Morgan fingerprint density at radius 1 is 1.27 bits per heavy atom. The Hall–Kier alpha value is -0.0400. The van der Waals surface area contributed by atoms with E-state index in [-0.39, 0.29) is 5.60 Å². The van der Waals surface area contributed by atoms with E-state index in [4.69, 9.17) is 4.74 Å². The highest BCUT2D eigenvalue weighted by atomic mass is 16.5. The van der Waals surface area contributed by atoms with Gasteiger partial charge in [0.15, 0.2) is 0 Å². The van der Waals surface area contributed by atoms with Crippen molar-refractivity contribution < 1.29 is 4.74 Å². The van der Waals surface area contributed by atoms with Gasteiger partial charge in [0, 0.05) is 7.11 Å². The third-order valence-corrected chi connectivity index (χ3v) is 2.95. The predicted molar refractivity (Wildman–Crippen MR) is 47.3 cm³/mol. The lowest BCUT2D eigenvalue weighted by atomic mass is 9.79. The fourth-order valence-electron chi connectivity index (χ4n) is 1.79. The van der Waals surface area contributed by atoms with Crippen molar-refractivity contribution in [2.75, 3.05) is 7.11 Å². The van der Waals surface area contributed by atoms with Crippen molar-refractivity contribution in [1.29, 1.82) is 0 Å². The lowest BCUT2D eigenvalue weighted by Crippen LogP contribution is -2.34. The highest BCUT2D eigenvalue weighted by Crippen LogP contribution is 2.33. The van der Waals surface area contributed by atoms with Gasteiger partial charge in [0.05, 0.1) is 5.60 Å². The summed E-state index contributed by atoms with van der Waals surface area (Å²) in [5, 5.41) is 0. The van der Waals surface area contributed by atoms with Crippen LogP contribution in [0.15, 0.2) is 0 Å². The van der Waals surface area contributed by atoms with Crippen molar-refractivity contribution in [2.45, 2.75) is 45.1 Å². The zero-order valence-electron chi connectivity index (χ0n) is 7.89. The Morgan fingerprint density at radius 3 is 2.27 bits per heavy atom. The topological polar surface area (TPSA) is 9.23 Å². The molecule has 65 valence electrons. The molecule has 0 unspecified atom stereocenters. The summed E-state index contributed by atoms with van der Waals surface area (Å²) in [6.45, 7) is 4.39. The molecule has 0 saturated heterocycles. The standard InChI is InChI=1S/C10H19O/c1-10(2,11-3)9-7-5-4-6-8-9/h4,9H,5-8H2,1-3H3. The molecule has 1 fully saturated rings. The van der Waals surface area contributed by atoms with Crippen molar-refractivity contribution in [1.82, 2.24) is 0 Å². The van der Waals surface area contributed by atoms with Gasteiger partial charge in [-0.15, -0.1) is 0 Å². The van der Waals surface area contributed by atoms with Crippen LogP contribution < -0.4 is 0 Å². The van der Waals surface area contributed by atoms with Crippen LogP contribution in [0.1, 0.15) is 39.5 Å². The Labute approximate surface area is 70.1 Å². The molecule has 0 aliphatic heterocycles. The van der Waals surface area contributed by atoms with Crippen molar-refractivity contribution in [3.63, 3.8) is 0 Å². The molecule has 11 heavy (non-hydrogen) atoms. The quantitative estimate of drug-likeness (QED) is 0.596. The molecule has 0 atom stereocenters. The molecule has 1 aliphatic carbocycles. The smallest absolute Gasteiger partial charge is 0.0650 e. The van der Waals surface area contributed by atoms with Crippen LogP contribution in [0.5, 0.6) is 0 Å². The summed E-state index contributed by atoms with van der Waals surface area (Å²) >= 11 is 0. The van der Waals surface area contributed by atoms with Crippen LogP contribution in [0.2, 0.25) is 0 Å². The van der Waals surface area contributed by atoms with Gasteiger partial charge in [-0.2, -0.15) is 0 Å². The highest BCUT2D eigenvalue weighted by Gasteiger charge is 2.29. The van der Waals surface area contributed by atoms with Gasteiger partial charge >= 0.3 is 0 Å². The van der Waals surface area contributed by atoms with E-state index in [9.17, 15) is 0 Å². The van der Waals surface area contributed by atoms with Crippen LogP contribution in [-0.4, -0.2) is 12.7 Å². The summed E-state index contributed by atoms with van der Waals surface area (Å²) in [5.74, 6) is 0.762. The fraction of sp³-hybridized carbons (Fsp3) is 0.900. The predicted octanol–water partition coefficient (Wildman–Crippen LogP) is 2.81. The Bertz CT molecular complexity index is 112. The first-order valence-corrected chi connectivity index (χ1v) is 4.53. The van der Waals surface area contributed by atoms with Gasteiger partial charge in [0.1, 0.15) is 0 Å². The van der Waals surface area contributed by atoms with Gasteiger partial charge in [-0.1, -0.05) is 0 Å². The van der Waals surface area contributed by atoms with Crippen LogP contribution in [0.4, 0.5) is 0 Å². The minimum absolute atomic E-state index is 0.0915. The van der Waals surface area contributed by atoms with Crippen molar-refractivity contribution in [3.05, 3.63) is 6.42 Å². The van der Waals surface area contributed by atoms with E-state index in [1.54, 1.807) is 0 Å². The lowest BCUT2D eigenvalue weighted by Gasteiger charge is -2.35. The molecule has 1 nitrogen and oxygen atoms in total. The summed E-state index contributed by atoms with van der Waals surface area (Å²) in [6, 6.07) is 0. The SMILES string of the molecule is COC(C)(C)C1CC[CH]CC1. The monoisotopic (exact) mass is 155 g/mol. The number of ether oxygens (including phenoxy) is 1. The van der Waals surface area contributed by atoms with Gasteiger partial charge in [0.25, 0.3) is 0 Å². The van der Waals surface area contributed by atoms with Gasteiger partial charge < -0.3 is 4.74 Å². The van der Waals surface area contributed by atoms with Crippen molar-refractivity contribution in [3.8, 4) is 0 Å². The van der Waals surface area contributed by atoms with E-state index in [0.29, 0.717) is 0 Å².